The third-order valence-corrected chi connectivity index (χ3v) is 3.35. The summed E-state index contributed by atoms with van der Waals surface area (Å²) in [5, 5.41) is 3.68. The number of anilines is 1. The van der Waals surface area contributed by atoms with Crippen molar-refractivity contribution in [1.29, 1.82) is 0 Å². The van der Waals surface area contributed by atoms with Crippen LogP contribution in [-0.2, 0) is 0 Å². The highest BCUT2D eigenvalue weighted by atomic mass is 35.5. The maximum absolute atomic E-state index is 6.29. The van der Waals surface area contributed by atoms with Gasteiger partial charge in [0.25, 0.3) is 0 Å². The number of rotatable bonds is 3. The lowest BCUT2D eigenvalue weighted by Gasteiger charge is -2.11. The molecule has 1 aliphatic rings. The molecule has 2 heterocycles. The van der Waals surface area contributed by atoms with Gasteiger partial charge in [0.15, 0.2) is 17.3 Å². The van der Waals surface area contributed by atoms with Crippen molar-refractivity contribution in [3.63, 3.8) is 0 Å². The van der Waals surface area contributed by atoms with Crippen LogP contribution in [0.3, 0.4) is 0 Å². The van der Waals surface area contributed by atoms with Crippen molar-refractivity contribution in [2.24, 2.45) is 0 Å². The van der Waals surface area contributed by atoms with Gasteiger partial charge in [0.2, 0.25) is 0 Å². The smallest absolute Gasteiger partial charge is 0.179 e. The molecule has 0 saturated carbocycles. The summed E-state index contributed by atoms with van der Waals surface area (Å²) < 4.78 is 11.3. The highest BCUT2D eigenvalue weighted by Crippen LogP contribution is 2.40. The predicted octanol–water partition coefficient (Wildman–Crippen LogP) is 3.39. The Labute approximate surface area is 128 Å². The van der Waals surface area contributed by atoms with E-state index < -0.39 is 0 Å². The zero-order valence-corrected chi connectivity index (χ0v) is 12.5. The number of ether oxygens (including phenoxy) is 2. The van der Waals surface area contributed by atoms with Crippen molar-refractivity contribution >= 4 is 17.4 Å². The summed E-state index contributed by atoms with van der Waals surface area (Å²) >= 11 is 6.29. The minimum absolute atomic E-state index is 0.516. The second kappa shape index (κ2) is 6.18. The first-order valence-corrected chi connectivity index (χ1v) is 7.32. The molecule has 0 unspecified atom stereocenters. The molecule has 110 valence electrons. The van der Waals surface area contributed by atoms with Crippen molar-refractivity contribution in [3.05, 3.63) is 29.4 Å². The number of halogens is 1. The summed E-state index contributed by atoms with van der Waals surface area (Å²) in [7, 11) is 0. The SMILES string of the molecule is CCNc1ccnc(-c2cc(Cl)c3c(c2)OCCCO3)n1. The summed E-state index contributed by atoms with van der Waals surface area (Å²) in [6.45, 7) is 4.05. The van der Waals surface area contributed by atoms with Gasteiger partial charge in [-0.3, -0.25) is 0 Å². The van der Waals surface area contributed by atoms with Crippen LogP contribution >= 0.6 is 11.6 Å². The number of fused-ring (bicyclic) bond motifs is 1. The second-order valence-electron chi connectivity index (χ2n) is 4.63. The number of hydrogen-bond acceptors (Lipinski definition) is 5. The quantitative estimate of drug-likeness (QED) is 0.942. The summed E-state index contributed by atoms with van der Waals surface area (Å²) in [5.74, 6) is 2.63. The zero-order valence-electron chi connectivity index (χ0n) is 11.7. The van der Waals surface area contributed by atoms with Gasteiger partial charge in [0, 0.05) is 24.7 Å². The monoisotopic (exact) mass is 305 g/mol. The second-order valence-corrected chi connectivity index (χ2v) is 5.04. The molecule has 0 atom stereocenters. The average molecular weight is 306 g/mol. The number of aromatic nitrogens is 2. The summed E-state index contributed by atoms with van der Waals surface area (Å²) in [5.41, 5.74) is 0.809. The Bertz CT molecular complexity index is 649. The van der Waals surface area contributed by atoms with Gasteiger partial charge in [-0.05, 0) is 25.1 Å². The minimum Gasteiger partial charge on any atom is -0.489 e. The molecule has 5 nitrogen and oxygen atoms in total. The van der Waals surface area contributed by atoms with Gasteiger partial charge in [-0.1, -0.05) is 11.6 Å². The topological polar surface area (TPSA) is 56.3 Å². The Morgan fingerprint density at radius 1 is 1.29 bits per heavy atom. The van der Waals surface area contributed by atoms with E-state index in [1.165, 1.54) is 0 Å². The summed E-state index contributed by atoms with van der Waals surface area (Å²) in [4.78, 5) is 8.77. The van der Waals surface area contributed by atoms with E-state index in [0.29, 0.717) is 35.6 Å². The molecule has 0 aliphatic carbocycles. The van der Waals surface area contributed by atoms with E-state index in [4.69, 9.17) is 21.1 Å². The lowest BCUT2D eigenvalue weighted by molar-refractivity contribution is 0.297. The van der Waals surface area contributed by atoms with E-state index >= 15 is 0 Å². The fourth-order valence-corrected chi connectivity index (χ4v) is 2.40. The molecule has 0 spiro atoms. The van der Waals surface area contributed by atoms with Gasteiger partial charge in [-0.15, -0.1) is 0 Å². The normalized spacial score (nSPS) is 13.6. The maximum Gasteiger partial charge on any atom is 0.179 e. The van der Waals surface area contributed by atoms with E-state index in [9.17, 15) is 0 Å². The summed E-state index contributed by atoms with van der Waals surface area (Å²) in [6, 6.07) is 5.51. The van der Waals surface area contributed by atoms with Crippen LogP contribution in [0.4, 0.5) is 5.82 Å². The van der Waals surface area contributed by atoms with Gasteiger partial charge in [-0.2, -0.15) is 0 Å². The average Bonchev–Trinajstić information content (AvgIpc) is 2.73. The molecule has 2 aromatic rings. The fraction of sp³-hybridized carbons (Fsp3) is 0.333. The minimum atomic E-state index is 0.516. The molecule has 21 heavy (non-hydrogen) atoms. The van der Waals surface area contributed by atoms with E-state index in [1.807, 2.05) is 19.1 Å². The maximum atomic E-state index is 6.29. The van der Waals surface area contributed by atoms with Crippen molar-refractivity contribution in [1.82, 2.24) is 9.97 Å². The molecular formula is C15H16ClN3O2. The van der Waals surface area contributed by atoms with Crippen LogP contribution in [0.2, 0.25) is 5.02 Å². The van der Waals surface area contributed by atoms with E-state index in [0.717, 1.165) is 24.3 Å². The fourth-order valence-electron chi connectivity index (χ4n) is 2.14. The molecule has 0 amide bonds. The molecule has 6 heteroatoms. The Morgan fingerprint density at radius 2 is 2.14 bits per heavy atom. The first kappa shape index (κ1) is 13.9. The number of hydrogen-bond donors (Lipinski definition) is 1. The Morgan fingerprint density at radius 3 is 3.00 bits per heavy atom. The van der Waals surface area contributed by atoms with E-state index in [2.05, 4.69) is 15.3 Å². The highest BCUT2D eigenvalue weighted by Gasteiger charge is 2.17. The van der Waals surface area contributed by atoms with Gasteiger partial charge >= 0.3 is 0 Å². The molecule has 1 N–H and O–H groups in total. The Hall–Kier alpha value is -2.01. The van der Waals surface area contributed by atoms with Gasteiger partial charge < -0.3 is 14.8 Å². The van der Waals surface area contributed by atoms with E-state index in [-0.39, 0.29) is 0 Å². The Balaban J connectivity index is 2.01. The van der Waals surface area contributed by atoms with Gasteiger partial charge in [-0.25, -0.2) is 9.97 Å². The van der Waals surface area contributed by atoms with Crippen LogP contribution < -0.4 is 14.8 Å². The van der Waals surface area contributed by atoms with Crippen molar-refractivity contribution < 1.29 is 9.47 Å². The molecule has 3 rings (SSSR count). The van der Waals surface area contributed by atoms with Crippen LogP contribution in [0.15, 0.2) is 24.4 Å². The predicted molar refractivity (Wildman–Crippen MR) is 82.2 cm³/mol. The molecule has 0 bridgehead atoms. The zero-order chi connectivity index (χ0) is 14.7. The first-order valence-electron chi connectivity index (χ1n) is 6.94. The van der Waals surface area contributed by atoms with Gasteiger partial charge in [0.1, 0.15) is 5.82 Å². The number of nitrogens with zero attached hydrogens (tertiary/aromatic N) is 2. The lowest BCUT2D eigenvalue weighted by Crippen LogP contribution is -2.01. The van der Waals surface area contributed by atoms with E-state index in [1.54, 1.807) is 12.3 Å². The summed E-state index contributed by atoms with van der Waals surface area (Å²) in [6.07, 6.45) is 2.56. The van der Waals surface area contributed by atoms with Crippen molar-refractivity contribution in [2.75, 3.05) is 25.1 Å². The molecular weight excluding hydrogens is 290 g/mol. The lowest BCUT2D eigenvalue weighted by atomic mass is 10.2. The molecule has 1 aromatic carbocycles. The highest BCUT2D eigenvalue weighted by molar-refractivity contribution is 6.32. The van der Waals surface area contributed by atoms with Crippen molar-refractivity contribution in [3.8, 4) is 22.9 Å². The van der Waals surface area contributed by atoms with Gasteiger partial charge in [0.05, 0.1) is 18.2 Å². The molecule has 0 fully saturated rings. The number of benzene rings is 1. The van der Waals surface area contributed by atoms with Crippen LogP contribution in [0, 0.1) is 0 Å². The largest absolute Gasteiger partial charge is 0.489 e. The first-order chi connectivity index (χ1) is 10.3. The van der Waals surface area contributed by atoms with Crippen LogP contribution in [0.25, 0.3) is 11.4 Å². The van der Waals surface area contributed by atoms with Crippen molar-refractivity contribution in [2.45, 2.75) is 13.3 Å². The molecule has 0 radical (unpaired) electrons. The number of nitrogens with one attached hydrogen (secondary N) is 1. The third-order valence-electron chi connectivity index (χ3n) is 3.07. The third kappa shape index (κ3) is 3.03. The molecule has 1 aliphatic heterocycles. The van der Waals surface area contributed by atoms with Crippen LogP contribution in [-0.4, -0.2) is 29.7 Å². The standard InChI is InChI=1S/C15H16ClN3O2/c1-2-17-13-4-5-18-15(19-13)10-8-11(16)14-12(9-10)20-6-3-7-21-14/h4-5,8-9H,2-3,6-7H2,1H3,(H,17,18,19). The Kier molecular flexibility index (Phi) is 4.10. The molecule has 1 aromatic heterocycles. The molecule has 0 saturated heterocycles. The van der Waals surface area contributed by atoms with Crippen LogP contribution in [0.1, 0.15) is 13.3 Å². The van der Waals surface area contributed by atoms with Crippen LogP contribution in [0.5, 0.6) is 11.5 Å².